The van der Waals surface area contributed by atoms with Crippen molar-refractivity contribution < 1.29 is 4.52 Å². The first-order valence-corrected chi connectivity index (χ1v) is 3.77. The maximum atomic E-state index is 8.31. The maximum absolute atomic E-state index is 8.31. The predicted octanol–water partition coefficient (Wildman–Crippen LogP) is 1.16. The van der Waals surface area contributed by atoms with Crippen molar-refractivity contribution in [2.24, 2.45) is 0 Å². The van der Waals surface area contributed by atoms with Crippen LogP contribution in [0, 0.1) is 18.3 Å². The first-order chi connectivity index (χ1) is 5.74. The minimum atomic E-state index is 0.0714. The van der Waals surface area contributed by atoms with E-state index in [0.29, 0.717) is 6.54 Å². The van der Waals surface area contributed by atoms with E-state index in [1.807, 2.05) is 26.0 Å². The van der Waals surface area contributed by atoms with E-state index in [2.05, 4.69) is 10.5 Å². The average Bonchev–Trinajstić information content (AvgIpc) is 2.47. The highest BCUT2D eigenvalue weighted by atomic mass is 16.5. The Labute approximate surface area is 71.2 Å². The van der Waals surface area contributed by atoms with E-state index in [4.69, 9.17) is 9.78 Å². The predicted molar refractivity (Wildman–Crippen MR) is 43.3 cm³/mol. The third-order valence-electron chi connectivity index (χ3n) is 1.58. The molecule has 0 bridgehead atoms. The van der Waals surface area contributed by atoms with Gasteiger partial charge in [0.2, 0.25) is 0 Å². The van der Waals surface area contributed by atoms with Gasteiger partial charge in [-0.25, -0.2) is 0 Å². The normalized spacial score (nSPS) is 12.4. The van der Waals surface area contributed by atoms with Crippen molar-refractivity contribution in [2.45, 2.75) is 19.9 Å². The van der Waals surface area contributed by atoms with Crippen molar-refractivity contribution in [1.82, 2.24) is 10.5 Å². The molecule has 0 radical (unpaired) electrons. The van der Waals surface area contributed by atoms with Gasteiger partial charge in [-0.15, -0.1) is 0 Å². The zero-order valence-electron chi connectivity index (χ0n) is 7.16. The minimum Gasteiger partial charge on any atom is -0.361 e. The Hall–Kier alpha value is -1.34. The highest BCUT2D eigenvalue weighted by Crippen LogP contribution is 2.10. The fourth-order valence-electron chi connectivity index (χ4n) is 0.893. The monoisotopic (exact) mass is 165 g/mol. The third-order valence-corrected chi connectivity index (χ3v) is 1.58. The molecule has 4 heteroatoms. The minimum absolute atomic E-state index is 0.0714. The molecule has 12 heavy (non-hydrogen) atoms. The van der Waals surface area contributed by atoms with Crippen molar-refractivity contribution in [2.75, 3.05) is 6.54 Å². The number of hydrogen-bond acceptors (Lipinski definition) is 4. The van der Waals surface area contributed by atoms with Crippen LogP contribution in [0.2, 0.25) is 0 Å². The molecule has 1 rings (SSSR count). The molecule has 0 aliphatic rings. The summed E-state index contributed by atoms with van der Waals surface area (Å²) in [5.41, 5.74) is 0.836. The van der Waals surface area contributed by atoms with Crippen LogP contribution >= 0.6 is 0 Å². The van der Waals surface area contributed by atoms with Crippen LogP contribution in [0.15, 0.2) is 10.6 Å². The van der Waals surface area contributed by atoms with Crippen molar-refractivity contribution >= 4 is 0 Å². The van der Waals surface area contributed by atoms with Crippen LogP contribution in [0.1, 0.15) is 24.4 Å². The van der Waals surface area contributed by atoms with Crippen molar-refractivity contribution in [3.63, 3.8) is 0 Å². The van der Waals surface area contributed by atoms with Gasteiger partial charge in [-0.1, -0.05) is 5.16 Å². The molecule has 0 spiro atoms. The molecule has 0 fully saturated rings. The lowest BCUT2D eigenvalue weighted by atomic mass is 10.2. The van der Waals surface area contributed by atoms with Crippen LogP contribution in [0.3, 0.4) is 0 Å². The number of aromatic nitrogens is 1. The molecule has 64 valence electrons. The van der Waals surface area contributed by atoms with E-state index in [1.165, 1.54) is 0 Å². The van der Waals surface area contributed by atoms with Gasteiger partial charge in [0.05, 0.1) is 18.7 Å². The number of hydrogen-bond donors (Lipinski definition) is 1. The van der Waals surface area contributed by atoms with Crippen LogP contribution in [0.4, 0.5) is 0 Å². The van der Waals surface area contributed by atoms with Gasteiger partial charge in [0.1, 0.15) is 11.5 Å². The lowest BCUT2D eigenvalue weighted by molar-refractivity contribution is 0.382. The molecule has 0 aliphatic heterocycles. The summed E-state index contributed by atoms with van der Waals surface area (Å²) in [6.45, 7) is 4.11. The average molecular weight is 165 g/mol. The molecule has 0 aliphatic carbocycles. The van der Waals surface area contributed by atoms with Crippen LogP contribution in [-0.2, 0) is 0 Å². The molecule has 0 saturated carbocycles. The van der Waals surface area contributed by atoms with Crippen molar-refractivity contribution in [3.8, 4) is 6.07 Å². The summed E-state index contributed by atoms with van der Waals surface area (Å²) in [6, 6.07) is 3.93. The first kappa shape index (κ1) is 8.75. The van der Waals surface area contributed by atoms with Crippen LogP contribution < -0.4 is 5.32 Å². The van der Waals surface area contributed by atoms with E-state index < -0.39 is 0 Å². The quantitative estimate of drug-likeness (QED) is 0.682. The maximum Gasteiger partial charge on any atom is 0.133 e. The van der Waals surface area contributed by atoms with Gasteiger partial charge in [-0.3, -0.25) is 5.32 Å². The largest absolute Gasteiger partial charge is 0.361 e. The lowest BCUT2D eigenvalue weighted by Crippen LogP contribution is -2.18. The van der Waals surface area contributed by atoms with Gasteiger partial charge in [-0.2, -0.15) is 5.26 Å². The molecule has 0 aromatic carbocycles. The van der Waals surface area contributed by atoms with E-state index in [9.17, 15) is 0 Å². The molecule has 0 saturated heterocycles. The van der Waals surface area contributed by atoms with Gasteiger partial charge >= 0.3 is 0 Å². The lowest BCUT2D eigenvalue weighted by Gasteiger charge is -2.05. The number of rotatable bonds is 3. The summed E-state index contributed by atoms with van der Waals surface area (Å²) in [5, 5.41) is 15.1. The molecule has 1 heterocycles. The summed E-state index contributed by atoms with van der Waals surface area (Å²) < 4.78 is 4.89. The molecular formula is C8H11N3O. The Morgan fingerprint density at radius 2 is 2.58 bits per heavy atom. The van der Waals surface area contributed by atoms with Crippen molar-refractivity contribution in [3.05, 3.63) is 17.5 Å². The molecule has 1 atom stereocenters. The standard InChI is InChI=1S/C8H11N3O/c1-6-5-8(11-12-6)7(2)10-4-3-9/h5,7,10H,4H2,1-2H3. The highest BCUT2D eigenvalue weighted by molar-refractivity contribution is 5.07. The molecule has 1 aromatic heterocycles. The smallest absolute Gasteiger partial charge is 0.133 e. The number of nitrogens with one attached hydrogen (secondary N) is 1. The van der Waals surface area contributed by atoms with Gasteiger partial charge in [0.25, 0.3) is 0 Å². The Morgan fingerprint density at radius 1 is 1.83 bits per heavy atom. The topological polar surface area (TPSA) is 61.9 Å². The summed E-state index contributed by atoms with van der Waals surface area (Å²) >= 11 is 0. The Morgan fingerprint density at radius 3 is 3.08 bits per heavy atom. The van der Waals surface area contributed by atoms with E-state index >= 15 is 0 Å². The molecule has 1 unspecified atom stereocenters. The summed E-state index contributed by atoms with van der Waals surface area (Å²) in [5.74, 6) is 0.788. The Kier molecular flexibility index (Phi) is 2.83. The molecule has 1 N–H and O–H groups in total. The van der Waals surface area contributed by atoms with E-state index in [0.717, 1.165) is 11.5 Å². The fourth-order valence-corrected chi connectivity index (χ4v) is 0.893. The van der Waals surface area contributed by atoms with Gasteiger partial charge < -0.3 is 4.52 Å². The molecule has 4 nitrogen and oxygen atoms in total. The zero-order chi connectivity index (χ0) is 8.97. The second kappa shape index (κ2) is 3.88. The Balaban J connectivity index is 2.54. The second-order valence-electron chi connectivity index (χ2n) is 2.62. The second-order valence-corrected chi connectivity index (χ2v) is 2.62. The van der Waals surface area contributed by atoms with E-state index in [-0.39, 0.29) is 6.04 Å². The zero-order valence-corrected chi connectivity index (χ0v) is 7.16. The summed E-state index contributed by atoms with van der Waals surface area (Å²) in [7, 11) is 0. The number of aryl methyl sites for hydroxylation is 1. The van der Waals surface area contributed by atoms with Crippen LogP contribution in [0.5, 0.6) is 0 Å². The van der Waals surface area contributed by atoms with E-state index in [1.54, 1.807) is 0 Å². The third kappa shape index (κ3) is 2.07. The molecule has 1 aromatic rings. The van der Waals surface area contributed by atoms with Crippen LogP contribution in [-0.4, -0.2) is 11.7 Å². The first-order valence-electron chi connectivity index (χ1n) is 3.77. The Bertz CT molecular complexity index is 287. The van der Waals surface area contributed by atoms with Gasteiger partial charge in [-0.05, 0) is 13.8 Å². The SMILES string of the molecule is Cc1cc(C(C)NCC#N)no1. The van der Waals surface area contributed by atoms with Crippen LogP contribution in [0.25, 0.3) is 0 Å². The highest BCUT2D eigenvalue weighted by Gasteiger charge is 2.08. The summed E-state index contributed by atoms with van der Waals surface area (Å²) in [6.07, 6.45) is 0. The number of nitrogens with zero attached hydrogens (tertiary/aromatic N) is 2. The van der Waals surface area contributed by atoms with Crippen molar-refractivity contribution in [1.29, 1.82) is 5.26 Å². The number of nitriles is 1. The fraction of sp³-hybridized carbons (Fsp3) is 0.500. The molecule has 0 amide bonds. The molecular weight excluding hydrogens is 154 g/mol. The van der Waals surface area contributed by atoms with Gasteiger partial charge in [0.15, 0.2) is 0 Å². The summed E-state index contributed by atoms with van der Waals surface area (Å²) in [4.78, 5) is 0. The van der Waals surface area contributed by atoms with Gasteiger partial charge in [0, 0.05) is 6.07 Å².